The number of carbonyl (C=O) groups excluding carboxylic acids is 1. The number of rotatable bonds is 4. The zero-order valence-electron chi connectivity index (χ0n) is 12.3. The summed E-state index contributed by atoms with van der Waals surface area (Å²) in [5.74, 6) is 0.237. The van der Waals surface area contributed by atoms with E-state index in [1.165, 1.54) is 0 Å². The summed E-state index contributed by atoms with van der Waals surface area (Å²) >= 11 is 5.13. The van der Waals surface area contributed by atoms with Crippen molar-refractivity contribution in [2.45, 2.75) is 19.9 Å². The zero-order chi connectivity index (χ0) is 15.4. The molecule has 0 radical (unpaired) electrons. The highest BCUT2D eigenvalue weighted by Gasteiger charge is 2.33. The molecule has 0 amide bonds. The molecule has 2 unspecified atom stereocenters. The molecule has 2 atom stereocenters. The summed E-state index contributed by atoms with van der Waals surface area (Å²) in [6.07, 6.45) is 0. The first-order valence-corrected chi connectivity index (χ1v) is 7.17. The van der Waals surface area contributed by atoms with Crippen LogP contribution >= 0.6 is 12.2 Å². The first-order valence-electron chi connectivity index (χ1n) is 6.77. The van der Waals surface area contributed by atoms with Crippen LogP contribution in [0.2, 0.25) is 0 Å². The molecule has 21 heavy (non-hydrogen) atoms. The molecular weight excluding hydrogens is 288 g/mol. The smallest absolute Gasteiger partial charge is 0.353 e. The summed E-state index contributed by atoms with van der Waals surface area (Å²) in [6.45, 7) is 4.01. The first-order chi connectivity index (χ1) is 10.1. The van der Waals surface area contributed by atoms with Gasteiger partial charge in [0.2, 0.25) is 0 Å². The topological polar surface area (TPSA) is 59.9 Å². The summed E-state index contributed by atoms with van der Waals surface area (Å²) < 4.78 is 10.2. The van der Waals surface area contributed by atoms with Crippen molar-refractivity contribution >= 4 is 29.0 Å². The summed E-state index contributed by atoms with van der Waals surface area (Å²) in [4.78, 5) is 16.1. The van der Waals surface area contributed by atoms with Crippen molar-refractivity contribution in [3.05, 3.63) is 29.8 Å². The second-order valence-corrected chi connectivity index (χ2v) is 5.09. The van der Waals surface area contributed by atoms with E-state index in [1.54, 1.807) is 14.0 Å². The number of aliphatic imine (C=N–C) groups is 1. The average molecular weight is 306 g/mol. The fourth-order valence-corrected chi connectivity index (χ4v) is 2.50. The third-order valence-electron chi connectivity index (χ3n) is 3.39. The zero-order valence-corrected chi connectivity index (χ0v) is 13.1. The lowest BCUT2D eigenvalue weighted by Gasteiger charge is -2.30. The van der Waals surface area contributed by atoms with Gasteiger partial charge in [0.25, 0.3) is 0 Å². The Morgan fingerprint density at radius 3 is 2.62 bits per heavy atom. The molecule has 1 aromatic carbocycles. The number of hydrogen-bond acceptors (Lipinski definition) is 4. The normalized spacial score (nSPS) is 21.3. The molecule has 1 aliphatic heterocycles. The van der Waals surface area contributed by atoms with Gasteiger partial charge in [0.05, 0.1) is 19.8 Å². The Kier molecular flexibility index (Phi) is 4.90. The SMILES string of the molecule is CCOC(=O)C1=NC(=S)NC(c2ccc(OC)cc2)C1C. The van der Waals surface area contributed by atoms with Crippen molar-refractivity contribution in [2.24, 2.45) is 10.9 Å². The highest BCUT2D eigenvalue weighted by Crippen LogP contribution is 2.28. The van der Waals surface area contributed by atoms with Crippen molar-refractivity contribution in [3.63, 3.8) is 0 Å². The number of esters is 1. The third-order valence-corrected chi connectivity index (χ3v) is 3.60. The van der Waals surface area contributed by atoms with Crippen molar-refractivity contribution in [3.8, 4) is 5.75 Å². The van der Waals surface area contributed by atoms with E-state index >= 15 is 0 Å². The number of benzene rings is 1. The summed E-state index contributed by atoms with van der Waals surface area (Å²) in [7, 11) is 1.62. The van der Waals surface area contributed by atoms with E-state index in [-0.39, 0.29) is 12.0 Å². The molecule has 0 fully saturated rings. The van der Waals surface area contributed by atoms with Gasteiger partial charge in [-0.3, -0.25) is 0 Å². The van der Waals surface area contributed by atoms with Crippen molar-refractivity contribution < 1.29 is 14.3 Å². The second-order valence-electron chi connectivity index (χ2n) is 4.71. The molecule has 2 rings (SSSR count). The fraction of sp³-hybridized carbons (Fsp3) is 0.400. The molecule has 0 saturated heterocycles. The predicted molar refractivity (Wildman–Crippen MR) is 84.7 cm³/mol. The first kappa shape index (κ1) is 15.4. The number of hydrogen-bond donors (Lipinski definition) is 1. The van der Waals surface area contributed by atoms with E-state index in [0.29, 0.717) is 17.4 Å². The Hall–Kier alpha value is -1.95. The molecule has 0 bridgehead atoms. The molecule has 1 heterocycles. The number of nitrogens with zero attached hydrogens (tertiary/aromatic N) is 1. The van der Waals surface area contributed by atoms with Crippen LogP contribution in [0.4, 0.5) is 0 Å². The summed E-state index contributed by atoms with van der Waals surface area (Å²) in [5, 5.41) is 3.44. The van der Waals surface area contributed by atoms with E-state index < -0.39 is 5.97 Å². The number of methoxy groups -OCH3 is 1. The van der Waals surface area contributed by atoms with E-state index in [2.05, 4.69) is 10.3 Å². The van der Waals surface area contributed by atoms with Crippen LogP contribution in [-0.2, 0) is 9.53 Å². The fourth-order valence-electron chi connectivity index (χ4n) is 2.28. The molecule has 0 aliphatic carbocycles. The van der Waals surface area contributed by atoms with Gasteiger partial charge in [-0.1, -0.05) is 19.1 Å². The molecule has 6 heteroatoms. The quantitative estimate of drug-likeness (QED) is 0.683. The van der Waals surface area contributed by atoms with Gasteiger partial charge in [-0.05, 0) is 36.8 Å². The maximum Gasteiger partial charge on any atom is 0.353 e. The summed E-state index contributed by atoms with van der Waals surface area (Å²) in [6, 6.07) is 7.54. The average Bonchev–Trinajstić information content (AvgIpc) is 2.49. The standard InChI is InChI=1S/C15H18N2O3S/c1-4-20-14(18)13-9(2)12(16-15(21)17-13)10-5-7-11(19-3)8-6-10/h5-9,12H,4H2,1-3H3,(H,16,21). The lowest BCUT2D eigenvalue weighted by Crippen LogP contribution is -2.42. The number of thiocarbonyl (C=S) groups is 1. The molecular formula is C15H18N2O3S. The van der Waals surface area contributed by atoms with Gasteiger partial charge >= 0.3 is 5.97 Å². The maximum absolute atomic E-state index is 12.0. The van der Waals surface area contributed by atoms with Crippen LogP contribution in [0.3, 0.4) is 0 Å². The summed E-state index contributed by atoms with van der Waals surface area (Å²) in [5.41, 5.74) is 1.38. The van der Waals surface area contributed by atoms with Crippen molar-refractivity contribution in [1.82, 2.24) is 5.32 Å². The van der Waals surface area contributed by atoms with E-state index in [1.807, 2.05) is 31.2 Å². The van der Waals surface area contributed by atoms with Gasteiger partial charge in [-0.25, -0.2) is 9.79 Å². The Morgan fingerprint density at radius 2 is 2.05 bits per heavy atom. The Balaban J connectivity index is 2.26. The highest BCUT2D eigenvalue weighted by atomic mass is 32.1. The van der Waals surface area contributed by atoms with Crippen molar-refractivity contribution in [2.75, 3.05) is 13.7 Å². The minimum Gasteiger partial charge on any atom is -0.497 e. The maximum atomic E-state index is 12.0. The van der Waals surface area contributed by atoms with Crippen molar-refractivity contribution in [1.29, 1.82) is 0 Å². The van der Waals surface area contributed by atoms with E-state index in [9.17, 15) is 4.79 Å². The lowest BCUT2D eigenvalue weighted by atomic mass is 9.89. The van der Waals surface area contributed by atoms with Crippen LogP contribution in [0.25, 0.3) is 0 Å². The lowest BCUT2D eigenvalue weighted by molar-refractivity contribution is -0.135. The van der Waals surface area contributed by atoms with Crippen LogP contribution in [0.5, 0.6) is 5.75 Å². The van der Waals surface area contributed by atoms with E-state index in [4.69, 9.17) is 21.7 Å². The molecule has 0 spiro atoms. The minimum absolute atomic E-state index is 0.111. The Labute approximate surface area is 129 Å². The molecule has 1 aromatic rings. The molecule has 0 aromatic heterocycles. The molecule has 5 nitrogen and oxygen atoms in total. The molecule has 1 aliphatic rings. The van der Waals surface area contributed by atoms with Crippen LogP contribution < -0.4 is 10.1 Å². The Morgan fingerprint density at radius 1 is 1.38 bits per heavy atom. The monoisotopic (exact) mass is 306 g/mol. The van der Waals surface area contributed by atoms with Gasteiger partial charge in [0.15, 0.2) is 5.11 Å². The second kappa shape index (κ2) is 6.67. The van der Waals surface area contributed by atoms with Gasteiger partial charge in [0.1, 0.15) is 11.5 Å². The molecule has 1 N–H and O–H groups in total. The predicted octanol–water partition coefficient (Wildman–Crippen LogP) is 2.26. The van der Waals surface area contributed by atoms with Gasteiger partial charge < -0.3 is 14.8 Å². The van der Waals surface area contributed by atoms with Crippen LogP contribution in [-0.4, -0.2) is 30.5 Å². The van der Waals surface area contributed by atoms with Crippen LogP contribution in [0.1, 0.15) is 25.5 Å². The number of carbonyl (C=O) groups is 1. The number of nitrogens with one attached hydrogen (secondary N) is 1. The van der Waals surface area contributed by atoms with Crippen LogP contribution in [0.15, 0.2) is 29.3 Å². The van der Waals surface area contributed by atoms with Gasteiger partial charge in [0, 0.05) is 5.92 Å². The van der Waals surface area contributed by atoms with Gasteiger partial charge in [-0.15, -0.1) is 0 Å². The largest absolute Gasteiger partial charge is 0.497 e. The van der Waals surface area contributed by atoms with E-state index in [0.717, 1.165) is 11.3 Å². The third kappa shape index (κ3) is 3.39. The molecule has 0 saturated carbocycles. The minimum atomic E-state index is -0.410. The number of ether oxygens (including phenoxy) is 2. The van der Waals surface area contributed by atoms with Crippen LogP contribution in [0, 0.1) is 5.92 Å². The Bertz CT molecular complexity index is 569. The van der Waals surface area contributed by atoms with Gasteiger partial charge in [-0.2, -0.15) is 0 Å². The highest BCUT2D eigenvalue weighted by molar-refractivity contribution is 7.80. The molecule has 112 valence electrons.